The summed E-state index contributed by atoms with van der Waals surface area (Å²) in [5, 5.41) is 8.35. The van der Waals surface area contributed by atoms with Crippen molar-refractivity contribution >= 4 is 0 Å². The Morgan fingerprint density at radius 1 is 0.688 bits per heavy atom. The number of nitrogens with one attached hydrogen (secondary N) is 1. The zero-order chi connectivity index (χ0) is 21.8. The van der Waals surface area contributed by atoms with Crippen molar-refractivity contribution in [2.75, 3.05) is 0 Å². The van der Waals surface area contributed by atoms with Gasteiger partial charge < -0.3 is 9.88 Å². The number of rotatable bonds is 7. The van der Waals surface area contributed by atoms with Crippen LogP contribution in [0.4, 0.5) is 0 Å². The number of aromatic nitrogens is 3. The molecule has 0 bridgehead atoms. The molecular formula is C28H26N4. The van der Waals surface area contributed by atoms with Crippen molar-refractivity contribution in [1.82, 2.24) is 19.7 Å². The molecular weight excluding hydrogens is 392 g/mol. The fourth-order valence-corrected chi connectivity index (χ4v) is 4.04. The van der Waals surface area contributed by atoms with Crippen LogP contribution in [0.5, 0.6) is 0 Å². The highest BCUT2D eigenvalue weighted by atomic mass is 15.3. The first-order valence-corrected chi connectivity index (χ1v) is 10.9. The van der Waals surface area contributed by atoms with Gasteiger partial charge >= 0.3 is 0 Å². The smallest absolute Gasteiger partial charge is 0.0785 e. The van der Waals surface area contributed by atoms with Crippen LogP contribution in [0.3, 0.4) is 0 Å². The Bertz CT molecular complexity index is 1280. The van der Waals surface area contributed by atoms with E-state index in [1.54, 1.807) is 0 Å². The molecule has 2 aromatic heterocycles. The Kier molecular flexibility index (Phi) is 5.69. The van der Waals surface area contributed by atoms with E-state index in [2.05, 4.69) is 108 Å². The van der Waals surface area contributed by atoms with Crippen molar-refractivity contribution < 1.29 is 0 Å². The Morgan fingerprint density at radius 2 is 1.34 bits per heavy atom. The van der Waals surface area contributed by atoms with E-state index in [9.17, 15) is 0 Å². The molecule has 5 rings (SSSR count). The van der Waals surface area contributed by atoms with Gasteiger partial charge in [0.05, 0.1) is 17.6 Å². The van der Waals surface area contributed by atoms with Gasteiger partial charge in [-0.3, -0.25) is 0 Å². The molecule has 5 aromatic rings. The second kappa shape index (κ2) is 9.08. The van der Waals surface area contributed by atoms with Crippen molar-refractivity contribution in [3.05, 3.63) is 121 Å². The second-order valence-corrected chi connectivity index (χ2v) is 7.92. The maximum atomic E-state index is 4.77. The van der Waals surface area contributed by atoms with Gasteiger partial charge in [-0.05, 0) is 35.4 Å². The topological polar surface area (TPSA) is 34.8 Å². The van der Waals surface area contributed by atoms with Crippen LogP contribution in [0.25, 0.3) is 28.1 Å². The zero-order valence-corrected chi connectivity index (χ0v) is 18.1. The highest BCUT2D eigenvalue weighted by Crippen LogP contribution is 2.28. The van der Waals surface area contributed by atoms with Crippen molar-refractivity contribution in [2.24, 2.45) is 7.05 Å². The number of aryl methyl sites for hydroxylation is 1. The van der Waals surface area contributed by atoms with E-state index in [0.29, 0.717) is 0 Å². The number of hydrogen-bond acceptors (Lipinski definition) is 2. The van der Waals surface area contributed by atoms with Crippen LogP contribution < -0.4 is 5.32 Å². The Morgan fingerprint density at radius 3 is 2.00 bits per heavy atom. The van der Waals surface area contributed by atoms with Gasteiger partial charge in [-0.15, -0.1) is 0 Å². The molecule has 0 atom stereocenters. The Labute approximate surface area is 188 Å². The molecule has 0 radical (unpaired) electrons. The highest BCUT2D eigenvalue weighted by molar-refractivity contribution is 5.68. The molecule has 4 nitrogen and oxygen atoms in total. The molecule has 3 aromatic carbocycles. The molecule has 0 saturated heterocycles. The molecule has 158 valence electrons. The van der Waals surface area contributed by atoms with Gasteiger partial charge in [0.2, 0.25) is 0 Å². The van der Waals surface area contributed by atoms with Crippen LogP contribution in [0, 0.1) is 0 Å². The Hall–Kier alpha value is -3.89. The SMILES string of the molecule is Cn1cccc1CNCc1cnn(-c2ccc(-c3ccccc3)cc2)c1-c1ccccc1. The third-order valence-corrected chi connectivity index (χ3v) is 5.78. The van der Waals surface area contributed by atoms with E-state index in [4.69, 9.17) is 5.10 Å². The van der Waals surface area contributed by atoms with Crippen molar-refractivity contribution in [3.8, 4) is 28.1 Å². The predicted molar refractivity (Wildman–Crippen MR) is 130 cm³/mol. The molecule has 0 aliphatic carbocycles. The first kappa shape index (κ1) is 20.0. The maximum Gasteiger partial charge on any atom is 0.0785 e. The molecule has 4 heteroatoms. The van der Waals surface area contributed by atoms with E-state index >= 15 is 0 Å². The van der Waals surface area contributed by atoms with Crippen molar-refractivity contribution in [1.29, 1.82) is 0 Å². The lowest BCUT2D eigenvalue weighted by Crippen LogP contribution is -2.15. The van der Waals surface area contributed by atoms with E-state index in [1.165, 1.54) is 22.4 Å². The van der Waals surface area contributed by atoms with Crippen LogP contribution in [0.15, 0.2) is 109 Å². The summed E-state index contributed by atoms with van der Waals surface area (Å²) in [6.07, 6.45) is 4.05. The first-order valence-electron chi connectivity index (χ1n) is 10.9. The number of nitrogens with zero attached hydrogens (tertiary/aromatic N) is 3. The monoisotopic (exact) mass is 418 g/mol. The molecule has 0 aliphatic heterocycles. The van der Waals surface area contributed by atoms with E-state index in [-0.39, 0.29) is 0 Å². The fraction of sp³-hybridized carbons (Fsp3) is 0.107. The average Bonchev–Trinajstić information content (AvgIpc) is 3.46. The normalized spacial score (nSPS) is 11.0. The number of hydrogen-bond donors (Lipinski definition) is 1. The molecule has 0 aliphatic rings. The van der Waals surface area contributed by atoms with Gasteiger partial charge in [0.15, 0.2) is 0 Å². The van der Waals surface area contributed by atoms with Gasteiger partial charge in [0.1, 0.15) is 0 Å². The number of benzene rings is 3. The van der Waals surface area contributed by atoms with Crippen LogP contribution in [-0.4, -0.2) is 14.3 Å². The van der Waals surface area contributed by atoms with Gasteiger partial charge in [-0.2, -0.15) is 5.10 Å². The summed E-state index contributed by atoms with van der Waals surface area (Å²) in [7, 11) is 2.07. The Balaban J connectivity index is 1.45. The molecule has 0 amide bonds. The summed E-state index contributed by atoms with van der Waals surface area (Å²) in [6, 6.07) is 33.8. The summed E-state index contributed by atoms with van der Waals surface area (Å²) in [4.78, 5) is 0. The lowest BCUT2D eigenvalue weighted by molar-refractivity contribution is 0.656. The van der Waals surface area contributed by atoms with E-state index in [0.717, 1.165) is 30.0 Å². The summed E-state index contributed by atoms with van der Waals surface area (Å²) in [6.45, 7) is 1.56. The van der Waals surface area contributed by atoms with Gasteiger partial charge in [-0.1, -0.05) is 72.8 Å². The minimum atomic E-state index is 0.748. The third kappa shape index (κ3) is 4.13. The molecule has 32 heavy (non-hydrogen) atoms. The maximum absolute atomic E-state index is 4.77. The average molecular weight is 419 g/mol. The lowest BCUT2D eigenvalue weighted by Gasteiger charge is -2.12. The van der Waals surface area contributed by atoms with Crippen LogP contribution in [-0.2, 0) is 20.1 Å². The largest absolute Gasteiger partial charge is 0.353 e. The van der Waals surface area contributed by atoms with Crippen LogP contribution in [0.1, 0.15) is 11.3 Å². The van der Waals surface area contributed by atoms with E-state index < -0.39 is 0 Å². The molecule has 2 heterocycles. The van der Waals surface area contributed by atoms with Crippen LogP contribution in [0.2, 0.25) is 0 Å². The molecule has 1 N–H and O–H groups in total. The minimum absolute atomic E-state index is 0.748. The molecule has 0 saturated carbocycles. The standard InChI is InChI=1S/C28H26N4/c1-31-18-8-13-27(31)21-29-19-25-20-30-32(28(25)24-11-6-3-7-12-24)26-16-14-23(15-17-26)22-9-4-2-5-10-22/h2-18,20,29H,19,21H2,1H3. The summed E-state index contributed by atoms with van der Waals surface area (Å²) < 4.78 is 4.19. The second-order valence-electron chi connectivity index (χ2n) is 7.92. The quantitative estimate of drug-likeness (QED) is 0.361. The van der Waals surface area contributed by atoms with Crippen LogP contribution >= 0.6 is 0 Å². The van der Waals surface area contributed by atoms with Gasteiger partial charge in [0, 0.05) is 43.2 Å². The van der Waals surface area contributed by atoms with Crippen molar-refractivity contribution in [3.63, 3.8) is 0 Å². The highest BCUT2D eigenvalue weighted by Gasteiger charge is 2.14. The summed E-state index contributed by atoms with van der Waals surface area (Å²) >= 11 is 0. The van der Waals surface area contributed by atoms with Crippen molar-refractivity contribution in [2.45, 2.75) is 13.1 Å². The zero-order valence-electron chi connectivity index (χ0n) is 18.1. The molecule has 0 fully saturated rings. The van der Waals surface area contributed by atoms with E-state index in [1.807, 2.05) is 23.0 Å². The minimum Gasteiger partial charge on any atom is -0.353 e. The molecule has 0 unspecified atom stereocenters. The summed E-state index contributed by atoms with van der Waals surface area (Å²) in [5.74, 6) is 0. The third-order valence-electron chi connectivity index (χ3n) is 5.78. The van der Waals surface area contributed by atoms with Gasteiger partial charge in [0.25, 0.3) is 0 Å². The fourth-order valence-electron chi connectivity index (χ4n) is 4.04. The molecule has 0 spiro atoms. The lowest BCUT2D eigenvalue weighted by atomic mass is 10.0. The van der Waals surface area contributed by atoms with Gasteiger partial charge in [-0.25, -0.2) is 4.68 Å². The predicted octanol–water partition coefficient (Wildman–Crippen LogP) is 5.83. The summed E-state index contributed by atoms with van der Waals surface area (Å²) in [5.41, 5.74) is 8.19. The first-order chi connectivity index (χ1) is 15.8.